The maximum Gasteiger partial charge on any atom is 0.105 e. The minimum Gasteiger partial charge on any atom is -0.381 e. The number of rotatable bonds is 2. The zero-order valence-corrected chi connectivity index (χ0v) is 9.13. The van der Waals surface area contributed by atoms with E-state index in [0.717, 1.165) is 24.0 Å². The molecule has 0 saturated heterocycles. The van der Waals surface area contributed by atoms with E-state index in [1.54, 1.807) is 0 Å². The van der Waals surface area contributed by atoms with Gasteiger partial charge in [0.2, 0.25) is 0 Å². The van der Waals surface area contributed by atoms with E-state index in [9.17, 15) is 5.11 Å². The van der Waals surface area contributed by atoms with Gasteiger partial charge in [0.1, 0.15) is 5.60 Å². The molecule has 0 bridgehead atoms. The van der Waals surface area contributed by atoms with Gasteiger partial charge < -0.3 is 5.11 Å². The maximum atomic E-state index is 10.3. The summed E-state index contributed by atoms with van der Waals surface area (Å²) in [4.78, 5) is 0. The van der Waals surface area contributed by atoms with Crippen LogP contribution >= 0.6 is 0 Å². The molecule has 78 valence electrons. The Morgan fingerprint density at radius 2 is 1.50 bits per heavy atom. The van der Waals surface area contributed by atoms with Crippen LogP contribution in [0.5, 0.6) is 0 Å². The van der Waals surface area contributed by atoms with Gasteiger partial charge in [0.15, 0.2) is 0 Å². The summed E-state index contributed by atoms with van der Waals surface area (Å²) >= 11 is 0. The van der Waals surface area contributed by atoms with E-state index < -0.39 is 5.60 Å². The van der Waals surface area contributed by atoms with Crippen LogP contribution in [0.15, 0.2) is 47.6 Å². The Labute approximate surface area is 94.8 Å². The number of aliphatic hydroxyl groups is 1. The quantitative estimate of drug-likeness (QED) is 0.726. The molecule has 1 nitrogen and oxygen atoms in total. The van der Waals surface area contributed by atoms with Crippen LogP contribution in [0, 0.1) is 0 Å². The van der Waals surface area contributed by atoms with Gasteiger partial charge in [0, 0.05) is 16.5 Å². The standard InChI is InChI=1S/C12H14O.Ni/c1-12(13,10-6-2-3-7-10)11-8-4-5-9-11;/h2-6,8,13H,7,9H2,1H3;. The van der Waals surface area contributed by atoms with E-state index in [4.69, 9.17) is 0 Å². The predicted octanol–water partition coefficient (Wildman–Crippen LogP) is 2.51. The fourth-order valence-electron chi connectivity index (χ4n) is 1.82. The summed E-state index contributed by atoms with van der Waals surface area (Å²) in [7, 11) is 0. The average Bonchev–Trinajstić information content (AvgIpc) is 2.78. The maximum absolute atomic E-state index is 10.3. The van der Waals surface area contributed by atoms with E-state index >= 15 is 0 Å². The molecule has 0 saturated carbocycles. The normalized spacial score (nSPS) is 19.3. The van der Waals surface area contributed by atoms with Gasteiger partial charge in [0.25, 0.3) is 0 Å². The van der Waals surface area contributed by atoms with Crippen molar-refractivity contribution in [2.45, 2.75) is 25.4 Å². The van der Waals surface area contributed by atoms with E-state index in [1.807, 2.05) is 31.2 Å². The van der Waals surface area contributed by atoms with Crippen LogP contribution in [-0.4, -0.2) is 10.7 Å². The second-order valence-electron chi connectivity index (χ2n) is 3.72. The molecule has 0 fully saturated rings. The Hall–Kier alpha value is -0.586. The molecule has 1 N–H and O–H groups in total. The summed E-state index contributed by atoms with van der Waals surface area (Å²) in [6, 6.07) is 0. The van der Waals surface area contributed by atoms with Crippen LogP contribution in [0.3, 0.4) is 0 Å². The largest absolute Gasteiger partial charge is 0.381 e. The molecule has 14 heavy (non-hydrogen) atoms. The molecule has 0 unspecified atom stereocenters. The van der Waals surface area contributed by atoms with Crippen molar-refractivity contribution >= 4 is 0 Å². The van der Waals surface area contributed by atoms with Crippen LogP contribution in [0.4, 0.5) is 0 Å². The van der Waals surface area contributed by atoms with Crippen LogP contribution in [-0.2, 0) is 16.5 Å². The van der Waals surface area contributed by atoms with Crippen molar-refractivity contribution in [1.82, 2.24) is 0 Å². The van der Waals surface area contributed by atoms with Crippen molar-refractivity contribution < 1.29 is 21.6 Å². The van der Waals surface area contributed by atoms with E-state index in [1.165, 1.54) is 0 Å². The number of allylic oxidation sites excluding steroid dienone is 6. The van der Waals surface area contributed by atoms with Gasteiger partial charge in [-0.15, -0.1) is 0 Å². The molecule has 0 aromatic carbocycles. The second kappa shape index (κ2) is 4.29. The molecule has 0 aromatic heterocycles. The summed E-state index contributed by atoms with van der Waals surface area (Å²) < 4.78 is 0. The van der Waals surface area contributed by atoms with E-state index in [2.05, 4.69) is 12.2 Å². The molecule has 0 amide bonds. The first-order valence-electron chi connectivity index (χ1n) is 4.66. The molecule has 0 heterocycles. The zero-order chi connectivity index (χ0) is 9.31. The Balaban J connectivity index is 0.000000980. The number of hydrogen-bond acceptors (Lipinski definition) is 1. The first kappa shape index (κ1) is 11.5. The van der Waals surface area contributed by atoms with Crippen molar-refractivity contribution in [3.8, 4) is 0 Å². The SMILES string of the molecule is CC(O)(C1=CC=CC1)C1=CC=CC1.[Ni]. The summed E-state index contributed by atoms with van der Waals surface area (Å²) in [6.45, 7) is 1.88. The fourth-order valence-corrected chi connectivity index (χ4v) is 1.82. The molecule has 0 spiro atoms. The van der Waals surface area contributed by atoms with E-state index in [0.29, 0.717) is 0 Å². The van der Waals surface area contributed by atoms with Crippen molar-refractivity contribution in [3.05, 3.63) is 47.6 Å². The van der Waals surface area contributed by atoms with E-state index in [-0.39, 0.29) is 16.5 Å². The molecule has 0 radical (unpaired) electrons. The van der Waals surface area contributed by atoms with Gasteiger partial charge in [-0.25, -0.2) is 0 Å². The monoisotopic (exact) mass is 232 g/mol. The van der Waals surface area contributed by atoms with Crippen molar-refractivity contribution in [3.63, 3.8) is 0 Å². The Kier molecular flexibility index (Phi) is 3.52. The fraction of sp³-hybridized carbons (Fsp3) is 0.333. The van der Waals surface area contributed by atoms with Gasteiger partial charge in [-0.2, -0.15) is 0 Å². The number of hydrogen-bond donors (Lipinski definition) is 1. The van der Waals surface area contributed by atoms with Crippen molar-refractivity contribution in [2.75, 3.05) is 0 Å². The van der Waals surface area contributed by atoms with Crippen molar-refractivity contribution in [1.29, 1.82) is 0 Å². The molecular weight excluding hydrogens is 219 g/mol. The zero-order valence-electron chi connectivity index (χ0n) is 8.14. The summed E-state index contributed by atoms with van der Waals surface area (Å²) in [5.41, 5.74) is 1.46. The third kappa shape index (κ3) is 1.92. The smallest absolute Gasteiger partial charge is 0.105 e. The van der Waals surface area contributed by atoms with Gasteiger partial charge in [0.05, 0.1) is 0 Å². The topological polar surface area (TPSA) is 20.2 Å². The van der Waals surface area contributed by atoms with Crippen LogP contribution < -0.4 is 0 Å². The minimum absolute atomic E-state index is 0. The molecule has 2 heteroatoms. The third-order valence-corrected chi connectivity index (χ3v) is 2.79. The van der Waals surface area contributed by atoms with Gasteiger partial charge >= 0.3 is 0 Å². The second-order valence-corrected chi connectivity index (χ2v) is 3.72. The molecule has 2 aliphatic carbocycles. The van der Waals surface area contributed by atoms with Crippen LogP contribution in [0.25, 0.3) is 0 Å². The van der Waals surface area contributed by atoms with Crippen molar-refractivity contribution in [2.24, 2.45) is 0 Å². The first-order valence-corrected chi connectivity index (χ1v) is 4.66. The molecule has 2 aliphatic rings. The van der Waals surface area contributed by atoms with Crippen LogP contribution in [0.2, 0.25) is 0 Å². The Bertz CT molecular complexity index is 300. The molecule has 0 aliphatic heterocycles. The minimum atomic E-state index is -0.743. The van der Waals surface area contributed by atoms with Gasteiger partial charge in [-0.1, -0.05) is 36.5 Å². The summed E-state index contributed by atoms with van der Waals surface area (Å²) in [6.07, 6.45) is 14.0. The van der Waals surface area contributed by atoms with Crippen LogP contribution in [0.1, 0.15) is 19.8 Å². The third-order valence-electron chi connectivity index (χ3n) is 2.79. The molecule has 2 rings (SSSR count). The molecular formula is C12H14NiO. The Morgan fingerprint density at radius 1 is 1.07 bits per heavy atom. The average molecular weight is 233 g/mol. The molecule has 0 aromatic rings. The Morgan fingerprint density at radius 3 is 1.79 bits per heavy atom. The first-order chi connectivity index (χ1) is 6.21. The molecule has 0 atom stereocenters. The van der Waals surface area contributed by atoms with Gasteiger partial charge in [-0.3, -0.25) is 0 Å². The van der Waals surface area contributed by atoms with Gasteiger partial charge in [-0.05, 0) is 30.9 Å². The predicted molar refractivity (Wildman–Crippen MR) is 54.3 cm³/mol. The summed E-state index contributed by atoms with van der Waals surface area (Å²) in [5.74, 6) is 0. The summed E-state index contributed by atoms with van der Waals surface area (Å²) in [5, 5.41) is 10.3.